The van der Waals surface area contributed by atoms with Crippen LogP contribution in [0.4, 0.5) is 4.39 Å². The summed E-state index contributed by atoms with van der Waals surface area (Å²) in [5.41, 5.74) is 1.06. The van der Waals surface area contributed by atoms with Crippen molar-refractivity contribution < 1.29 is 9.18 Å². The average Bonchev–Trinajstić information content (AvgIpc) is 3.03. The number of benzene rings is 1. The van der Waals surface area contributed by atoms with Crippen molar-refractivity contribution in [3.8, 4) is 0 Å². The molecule has 3 rings (SSSR count). The number of nitrogens with zero attached hydrogens (tertiary/aromatic N) is 1. The molecule has 0 radical (unpaired) electrons. The number of piperidine rings is 1. The number of likely N-dealkylation sites (tertiary alicyclic amines) is 1. The number of hydrogen-bond acceptors (Lipinski definition) is 3. The summed E-state index contributed by atoms with van der Waals surface area (Å²) < 4.78 is 13.0. The van der Waals surface area contributed by atoms with Crippen molar-refractivity contribution in [1.29, 1.82) is 0 Å². The zero-order chi connectivity index (χ0) is 15.4. The van der Waals surface area contributed by atoms with Gasteiger partial charge in [0.05, 0.1) is 6.04 Å². The molecule has 2 aliphatic rings. The first-order chi connectivity index (χ1) is 10.7. The van der Waals surface area contributed by atoms with Crippen molar-refractivity contribution in [3.05, 3.63) is 35.6 Å². The number of halogens is 1. The zero-order valence-corrected chi connectivity index (χ0v) is 12.9. The standard InChI is InChI=1S/C17H24FN3O/c18-14-6-4-13(5-7-14)12-21-10-2-1-3-16(21)17(22)20-15-8-9-19-11-15/h4-7,15-16,19H,1-3,8-12H2,(H,20,22). The van der Waals surface area contributed by atoms with Crippen LogP contribution in [0.25, 0.3) is 0 Å². The van der Waals surface area contributed by atoms with Gasteiger partial charge in [0.2, 0.25) is 5.91 Å². The monoisotopic (exact) mass is 305 g/mol. The molecule has 5 heteroatoms. The van der Waals surface area contributed by atoms with Gasteiger partial charge in [-0.3, -0.25) is 9.69 Å². The lowest BCUT2D eigenvalue weighted by Gasteiger charge is -2.35. The van der Waals surface area contributed by atoms with Crippen LogP contribution in [0.2, 0.25) is 0 Å². The quantitative estimate of drug-likeness (QED) is 0.889. The molecule has 1 amide bonds. The number of rotatable bonds is 4. The van der Waals surface area contributed by atoms with Crippen LogP contribution in [0.3, 0.4) is 0 Å². The van der Waals surface area contributed by atoms with Gasteiger partial charge in [-0.25, -0.2) is 4.39 Å². The predicted molar refractivity (Wildman–Crippen MR) is 83.9 cm³/mol. The van der Waals surface area contributed by atoms with E-state index in [9.17, 15) is 9.18 Å². The lowest BCUT2D eigenvalue weighted by atomic mass is 10.00. The Labute approximate surface area is 131 Å². The van der Waals surface area contributed by atoms with Gasteiger partial charge >= 0.3 is 0 Å². The molecule has 2 N–H and O–H groups in total. The third-order valence-corrected chi connectivity index (χ3v) is 4.62. The van der Waals surface area contributed by atoms with Gasteiger partial charge in [-0.05, 0) is 50.0 Å². The largest absolute Gasteiger partial charge is 0.351 e. The molecule has 2 fully saturated rings. The van der Waals surface area contributed by atoms with Gasteiger partial charge in [-0.2, -0.15) is 0 Å². The van der Waals surface area contributed by atoms with E-state index in [0.29, 0.717) is 6.54 Å². The molecular formula is C17H24FN3O. The summed E-state index contributed by atoms with van der Waals surface area (Å²) in [7, 11) is 0. The van der Waals surface area contributed by atoms with E-state index < -0.39 is 0 Å². The molecule has 2 saturated heterocycles. The average molecular weight is 305 g/mol. The topological polar surface area (TPSA) is 44.4 Å². The second-order valence-corrected chi connectivity index (χ2v) is 6.31. The SMILES string of the molecule is O=C(NC1CCNC1)C1CCCCN1Cc1ccc(F)cc1. The van der Waals surface area contributed by atoms with Crippen molar-refractivity contribution in [1.82, 2.24) is 15.5 Å². The summed E-state index contributed by atoms with van der Waals surface area (Å²) >= 11 is 0. The Morgan fingerprint density at radius 3 is 2.82 bits per heavy atom. The Morgan fingerprint density at radius 1 is 1.27 bits per heavy atom. The van der Waals surface area contributed by atoms with Crippen molar-refractivity contribution in [2.75, 3.05) is 19.6 Å². The van der Waals surface area contributed by atoms with Gasteiger partial charge in [0.1, 0.15) is 5.82 Å². The summed E-state index contributed by atoms with van der Waals surface area (Å²) in [5.74, 6) is -0.0686. The van der Waals surface area contributed by atoms with E-state index >= 15 is 0 Å². The second-order valence-electron chi connectivity index (χ2n) is 6.31. The number of carbonyl (C=O) groups excluding carboxylic acids is 1. The molecule has 0 aliphatic carbocycles. The molecule has 1 aromatic rings. The maximum absolute atomic E-state index is 13.0. The highest BCUT2D eigenvalue weighted by Gasteiger charge is 2.30. The minimum Gasteiger partial charge on any atom is -0.351 e. The van der Waals surface area contributed by atoms with Crippen molar-refractivity contribution >= 4 is 5.91 Å². The Kier molecular flexibility index (Phi) is 5.05. The Bertz CT molecular complexity index is 499. The minimum absolute atomic E-state index is 0.0561. The highest BCUT2D eigenvalue weighted by molar-refractivity contribution is 5.82. The van der Waals surface area contributed by atoms with Crippen LogP contribution in [0.15, 0.2) is 24.3 Å². The molecule has 0 bridgehead atoms. The number of carbonyl (C=O) groups is 1. The van der Waals surface area contributed by atoms with E-state index in [2.05, 4.69) is 15.5 Å². The first-order valence-corrected chi connectivity index (χ1v) is 8.22. The molecule has 120 valence electrons. The number of nitrogens with one attached hydrogen (secondary N) is 2. The van der Waals surface area contributed by atoms with E-state index in [1.165, 1.54) is 12.1 Å². The van der Waals surface area contributed by atoms with Gasteiger partial charge < -0.3 is 10.6 Å². The molecule has 0 aromatic heterocycles. The number of amides is 1. The molecule has 2 heterocycles. The third kappa shape index (κ3) is 3.84. The third-order valence-electron chi connectivity index (χ3n) is 4.62. The van der Waals surface area contributed by atoms with Crippen LogP contribution >= 0.6 is 0 Å². The van der Waals surface area contributed by atoms with Crippen LogP contribution in [-0.4, -0.2) is 42.5 Å². The maximum atomic E-state index is 13.0. The fourth-order valence-corrected chi connectivity index (χ4v) is 3.38. The highest BCUT2D eigenvalue weighted by Crippen LogP contribution is 2.20. The summed E-state index contributed by atoms with van der Waals surface area (Å²) in [6.07, 6.45) is 4.14. The summed E-state index contributed by atoms with van der Waals surface area (Å²) in [4.78, 5) is 14.8. The van der Waals surface area contributed by atoms with E-state index in [1.54, 1.807) is 12.1 Å². The fraction of sp³-hybridized carbons (Fsp3) is 0.588. The van der Waals surface area contributed by atoms with E-state index in [0.717, 1.165) is 50.9 Å². The van der Waals surface area contributed by atoms with E-state index in [1.807, 2.05) is 0 Å². The lowest BCUT2D eigenvalue weighted by molar-refractivity contribution is -0.128. The molecule has 0 saturated carbocycles. The minimum atomic E-state index is -0.217. The van der Waals surface area contributed by atoms with Crippen LogP contribution < -0.4 is 10.6 Å². The molecule has 4 nitrogen and oxygen atoms in total. The summed E-state index contributed by atoms with van der Waals surface area (Å²) in [6.45, 7) is 3.49. The molecule has 22 heavy (non-hydrogen) atoms. The van der Waals surface area contributed by atoms with Crippen LogP contribution in [0.5, 0.6) is 0 Å². The first-order valence-electron chi connectivity index (χ1n) is 8.22. The van der Waals surface area contributed by atoms with Crippen molar-refractivity contribution in [2.45, 2.75) is 44.3 Å². The van der Waals surface area contributed by atoms with Crippen LogP contribution in [0.1, 0.15) is 31.2 Å². The van der Waals surface area contributed by atoms with Crippen LogP contribution in [-0.2, 0) is 11.3 Å². The van der Waals surface area contributed by atoms with Crippen molar-refractivity contribution in [2.24, 2.45) is 0 Å². The predicted octanol–water partition coefficient (Wildman–Crippen LogP) is 1.66. The normalized spacial score (nSPS) is 26.0. The van der Waals surface area contributed by atoms with Crippen LogP contribution in [0, 0.1) is 5.82 Å². The van der Waals surface area contributed by atoms with Gasteiger partial charge in [0.25, 0.3) is 0 Å². The molecule has 2 atom stereocenters. The fourth-order valence-electron chi connectivity index (χ4n) is 3.38. The van der Waals surface area contributed by atoms with Crippen molar-refractivity contribution in [3.63, 3.8) is 0 Å². The summed E-state index contributed by atoms with van der Waals surface area (Å²) in [5, 5.41) is 6.44. The molecule has 2 unspecified atom stereocenters. The zero-order valence-electron chi connectivity index (χ0n) is 12.9. The smallest absolute Gasteiger partial charge is 0.237 e. The first kappa shape index (κ1) is 15.4. The highest BCUT2D eigenvalue weighted by atomic mass is 19.1. The lowest BCUT2D eigenvalue weighted by Crippen LogP contribution is -2.51. The second kappa shape index (κ2) is 7.20. The summed E-state index contributed by atoms with van der Waals surface area (Å²) in [6, 6.07) is 6.79. The molecular weight excluding hydrogens is 281 g/mol. The van der Waals surface area contributed by atoms with Gasteiger partial charge in [0.15, 0.2) is 0 Å². The maximum Gasteiger partial charge on any atom is 0.237 e. The molecule has 1 aromatic carbocycles. The van der Waals surface area contributed by atoms with Gasteiger partial charge in [0, 0.05) is 19.1 Å². The number of hydrogen-bond donors (Lipinski definition) is 2. The van der Waals surface area contributed by atoms with Gasteiger partial charge in [-0.1, -0.05) is 18.6 Å². The van der Waals surface area contributed by atoms with Gasteiger partial charge in [-0.15, -0.1) is 0 Å². The molecule has 2 aliphatic heterocycles. The Morgan fingerprint density at radius 2 is 2.09 bits per heavy atom. The van der Waals surface area contributed by atoms with E-state index in [4.69, 9.17) is 0 Å². The Hall–Kier alpha value is -1.46. The molecule has 0 spiro atoms. The Balaban J connectivity index is 1.62. The van der Waals surface area contributed by atoms with E-state index in [-0.39, 0.29) is 23.8 Å².